The molecule has 2 N–H and O–H groups in total. The number of carbonyl (C=O) groups is 1. The molecule has 3 heterocycles. The first-order chi connectivity index (χ1) is 16.5. The van der Waals surface area contributed by atoms with Gasteiger partial charge < -0.3 is 15.2 Å². The van der Waals surface area contributed by atoms with Crippen LogP contribution in [0.25, 0.3) is 33.9 Å². The molecule has 0 bridgehead atoms. The van der Waals surface area contributed by atoms with Gasteiger partial charge in [0.1, 0.15) is 23.8 Å². The third kappa shape index (κ3) is 4.00. The summed E-state index contributed by atoms with van der Waals surface area (Å²) >= 11 is 6.07. The van der Waals surface area contributed by atoms with Crippen molar-refractivity contribution in [3.05, 3.63) is 77.2 Å². The lowest BCUT2D eigenvalue weighted by molar-refractivity contribution is -0.125. The minimum absolute atomic E-state index is 0.129. The summed E-state index contributed by atoms with van der Waals surface area (Å²) in [5, 5.41) is 11.0. The molecule has 0 atom stereocenters. The number of nitrogen functional groups attached to an aromatic ring is 1. The fourth-order valence-corrected chi connectivity index (χ4v) is 4.42. The summed E-state index contributed by atoms with van der Waals surface area (Å²) in [5.74, 6) is 0.162. The Hall–Kier alpha value is -4.15. The highest BCUT2D eigenvalue weighted by molar-refractivity contribution is 6.30. The Labute approximate surface area is 201 Å². The maximum Gasteiger partial charge on any atom is 0.264 e. The number of halogens is 1. The van der Waals surface area contributed by atoms with Gasteiger partial charge in [0.25, 0.3) is 5.91 Å². The highest BCUT2D eigenvalue weighted by atomic mass is 35.5. The minimum Gasteiger partial charge on any atom is -0.383 e. The van der Waals surface area contributed by atoms with Crippen molar-refractivity contribution in [2.45, 2.75) is 12.8 Å². The molecule has 0 radical (unpaired) electrons. The van der Waals surface area contributed by atoms with Gasteiger partial charge in [0.05, 0.1) is 5.39 Å². The number of aromatic nitrogens is 3. The minimum atomic E-state index is -0.220. The summed E-state index contributed by atoms with van der Waals surface area (Å²) in [6, 6.07) is 17.2. The van der Waals surface area contributed by atoms with Gasteiger partial charge in [0.15, 0.2) is 5.65 Å². The summed E-state index contributed by atoms with van der Waals surface area (Å²) in [6.45, 7) is 1.39. The van der Waals surface area contributed by atoms with Crippen LogP contribution < -0.4 is 5.73 Å². The largest absolute Gasteiger partial charge is 0.383 e. The molecule has 0 unspecified atom stereocenters. The van der Waals surface area contributed by atoms with Crippen LogP contribution in [0, 0.1) is 11.3 Å². The van der Waals surface area contributed by atoms with E-state index >= 15 is 0 Å². The van der Waals surface area contributed by atoms with Crippen LogP contribution in [0.1, 0.15) is 18.4 Å². The average molecular weight is 469 g/mol. The van der Waals surface area contributed by atoms with Crippen LogP contribution in [0.15, 0.2) is 66.6 Å². The zero-order valence-corrected chi connectivity index (χ0v) is 19.0. The molecule has 2 aromatic heterocycles. The number of nitrogens with zero attached hydrogens (tertiary/aromatic N) is 5. The Morgan fingerprint density at radius 3 is 2.62 bits per heavy atom. The van der Waals surface area contributed by atoms with Gasteiger partial charge in [-0.25, -0.2) is 9.97 Å². The summed E-state index contributed by atoms with van der Waals surface area (Å²) in [6.07, 6.45) is 6.98. The number of anilines is 1. The Bertz CT molecular complexity index is 1460. The Kier molecular flexibility index (Phi) is 5.74. The molecule has 0 spiro atoms. The van der Waals surface area contributed by atoms with E-state index in [0.717, 1.165) is 40.6 Å². The lowest BCUT2D eigenvalue weighted by atomic mass is 10.1. The Morgan fingerprint density at radius 2 is 1.88 bits per heavy atom. The fraction of sp³-hybridized carbons (Fsp3) is 0.154. The fourth-order valence-electron chi connectivity index (χ4n) is 4.29. The second-order valence-electron chi connectivity index (χ2n) is 8.14. The van der Waals surface area contributed by atoms with E-state index in [0.29, 0.717) is 29.6 Å². The van der Waals surface area contributed by atoms with E-state index in [2.05, 4.69) is 16.0 Å². The molecule has 1 fully saturated rings. The number of carbonyl (C=O) groups excluding carboxylic acids is 1. The molecule has 0 saturated carbocycles. The van der Waals surface area contributed by atoms with Crippen LogP contribution in [-0.4, -0.2) is 38.4 Å². The molecule has 4 aromatic rings. The van der Waals surface area contributed by atoms with E-state index in [9.17, 15) is 10.1 Å². The van der Waals surface area contributed by atoms with Crippen LogP contribution >= 0.6 is 11.6 Å². The molecular weight excluding hydrogens is 448 g/mol. The monoisotopic (exact) mass is 468 g/mol. The van der Waals surface area contributed by atoms with Crippen molar-refractivity contribution in [2.24, 2.45) is 0 Å². The van der Waals surface area contributed by atoms with E-state index < -0.39 is 0 Å². The van der Waals surface area contributed by atoms with Gasteiger partial charge in [-0.1, -0.05) is 35.9 Å². The molecule has 1 saturated heterocycles. The highest BCUT2D eigenvalue weighted by Crippen LogP contribution is 2.35. The number of nitriles is 1. The number of nitrogens with two attached hydrogens (primary N) is 1. The molecule has 2 aromatic carbocycles. The van der Waals surface area contributed by atoms with E-state index in [-0.39, 0.29) is 11.5 Å². The number of rotatable bonds is 4. The second kappa shape index (κ2) is 9.00. The van der Waals surface area contributed by atoms with Gasteiger partial charge in [-0.05, 0) is 54.3 Å². The lowest BCUT2D eigenvalue weighted by Crippen LogP contribution is -2.28. The van der Waals surface area contributed by atoms with Gasteiger partial charge in [-0.15, -0.1) is 0 Å². The van der Waals surface area contributed by atoms with Gasteiger partial charge in [-0.2, -0.15) is 5.26 Å². The third-order valence-electron chi connectivity index (χ3n) is 5.97. The molecule has 34 heavy (non-hydrogen) atoms. The smallest absolute Gasteiger partial charge is 0.264 e. The van der Waals surface area contributed by atoms with Crippen molar-refractivity contribution >= 4 is 40.4 Å². The predicted molar refractivity (Wildman–Crippen MR) is 133 cm³/mol. The van der Waals surface area contributed by atoms with Crippen molar-refractivity contribution in [1.29, 1.82) is 5.26 Å². The normalized spacial score (nSPS) is 13.9. The van der Waals surface area contributed by atoms with Gasteiger partial charge in [-0.3, -0.25) is 4.79 Å². The molecular formula is C26H21ClN6O. The quantitative estimate of drug-likeness (QED) is 0.340. The maximum absolute atomic E-state index is 12.7. The number of benzene rings is 2. The number of likely N-dealkylation sites (tertiary alicyclic amines) is 1. The number of fused-ring (bicyclic) bond motifs is 1. The van der Waals surface area contributed by atoms with E-state index in [1.54, 1.807) is 11.0 Å². The second-order valence-corrected chi connectivity index (χ2v) is 8.58. The molecule has 168 valence electrons. The van der Waals surface area contributed by atoms with Crippen molar-refractivity contribution in [2.75, 3.05) is 18.8 Å². The van der Waals surface area contributed by atoms with E-state index in [1.807, 2.05) is 59.3 Å². The lowest BCUT2D eigenvalue weighted by Gasteiger charge is -2.14. The summed E-state index contributed by atoms with van der Waals surface area (Å²) in [5.41, 5.74) is 10.4. The first-order valence-electron chi connectivity index (χ1n) is 10.9. The number of hydrogen-bond acceptors (Lipinski definition) is 5. The average Bonchev–Trinajstić information content (AvgIpc) is 3.52. The maximum atomic E-state index is 12.7. The summed E-state index contributed by atoms with van der Waals surface area (Å²) in [4.78, 5) is 23.1. The van der Waals surface area contributed by atoms with Crippen LogP contribution in [0.3, 0.4) is 0 Å². The highest BCUT2D eigenvalue weighted by Gasteiger charge is 2.21. The molecule has 1 aliphatic heterocycles. The zero-order chi connectivity index (χ0) is 23.7. The molecule has 1 aliphatic rings. The van der Waals surface area contributed by atoms with Crippen molar-refractivity contribution in [3.8, 4) is 22.9 Å². The number of amides is 1. The topological polar surface area (TPSA) is 101 Å². The Balaban J connectivity index is 1.59. The molecule has 0 aliphatic carbocycles. The first-order valence-corrected chi connectivity index (χ1v) is 11.3. The zero-order valence-electron chi connectivity index (χ0n) is 18.3. The Morgan fingerprint density at radius 1 is 1.12 bits per heavy atom. The summed E-state index contributed by atoms with van der Waals surface area (Å²) in [7, 11) is 0. The third-order valence-corrected chi connectivity index (χ3v) is 6.22. The van der Waals surface area contributed by atoms with Gasteiger partial charge >= 0.3 is 0 Å². The van der Waals surface area contributed by atoms with Crippen LogP contribution in [0.4, 0.5) is 5.82 Å². The van der Waals surface area contributed by atoms with Gasteiger partial charge in [0, 0.05) is 35.6 Å². The first kappa shape index (κ1) is 21.7. The molecule has 5 rings (SSSR count). The van der Waals surface area contributed by atoms with E-state index in [4.69, 9.17) is 17.3 Å². The number of hydrogen-bond donors (Lipinski definition) is 1. The van der Waals surface area contributed by atoms with Crippen LogP contribution in [0.5, 0.6) is 0 Å². The van der Waals surface area contributed by atoms with Crippen LogP contribution in [-0.2, 0) is 4.79 Å². The van der Waals surface area contributed by atoms with E-state index in [1.165, 1.54) is 6.33 Å². The molecule has 1 amide bonds. The molecule has 8 heteroatoms. The van der Waals surface area contributed by atoms with Crippen molar-refractivity contribution in [1.82, 2.24) is 19.4 Å². The van der Waals surface area contributed by atoms with Crippen molar-refractivity contribution < 1.29 is 4.79 Å². The molecule has 7 nitrogen and oxygen atoms in total. The summed E-state index contributed by atoms with van der Waals surface area (Å²) < 4.78 is 1.93. The predicted octanol–water partition coefficient (Wildman–Crippen LogP) is 4.85. The van der Waals surface area contributed by atoms with Crippen molar-refractivity contribution in [3.63, 3.8) is 0 Å². The van der Waals surface area contributed by atoms with Gasteiger partial charge in [0.2, 0.25) is 0 Å². The standard InChI is InChI=1S/C26H21ClN6O/c27-20-8-6-18(7-9-20)22-15-33(25-23(22)24(29)30-16-31-25)21-5-3-4-17(13-21)12-19(14-28)26(34)32-10-1-2-11-32/h3-9,12-13,15-16H,1-2,10-11H2,(H2,29,30,31). The van der Waals surface area contributed by atoms with Crippen LogP contribution in [0.2, 0.25) is 5.02 Å². The SMILES string of the molecule is N#CC(=Cc1cccc(-n2cc(-c3ccc(Cl)cc3)c3c(N)ncnc32)c1)C(=O)N1CCCC1.